The number of thioether (sulfide) groups is 1. The number of piperidine rings is 1. The van der Waals surface area contributed by atoms with Crippen molar-refractivity contribution in [2.24, 2.45) is 5.92 Å². The van der Waals surface area contributed by atoms with Crippen LogP contribution in [0.2, 0.25) is 0 Å². The zero-order valence-corrected chi connectivity index (χ0v) is 14.3. The topological polar surface area (TPSA) is 29.5 Å². The van der Waals surface area contributed by atoms with E-state index in [4.69, 9.17) is 4.74 Å². The van der Waals surface area contributed by atoms with Gasteiger partial charge in [-0.15, -0.1) is 0 Å². The van der Waals surface area contributed by atoms with E-state index in [0.717, 1.165) is 44.7 Å². The van der Waals surface area contributed by atoms with Gasteiger partial charge in [0.25, 0.3) is 0 Å². The molecule has 2 atom stereocenters. The molecule has 0 aromatic carbocycles. The van der Waals surface area contributed by atoms with Crippen molar-refractivity contribution in [1.29, 1.82) is 0 Å². The van der Waals surface area contributed by atoms with Crippen LogP contribution in [-0.4, -0.2) is 53.0 Å². The molecule has 120 valence electrons. The summed E-state index contributed by atoms with van der Waals surface area (Å²) < 4.78 is 6.08. The molecule has 3 saturated heterocycles. The van der Waals surface area contributed by atoms with Gasteiger partial charge in [-0.05, 0) is 64.8 Å². The van der Waals surface area contributed by atoms with Gasteiger partial charge in [0.15, 0.2) is 5.78 Å². The number of ketones is 1. The second-order valence-electron chi connectivity index (χ2n) is 7.49. The number of carbonyl (C=O) groups is 1. The molecule has 21 heavy (non-hydrogen) atoms. The lowest BCUT2D eigenvalue weighted by atomic mass is 9.77. The summed E-state index contributed by atoms with van der Waals surface area (Å²) in [4.78, 5) is 15.6. The molecule has 4 heteroatoms. The Bertz CT molecular complexity index is 384. The quantitative estimate of drug-likeness (QED) is 0.801. The number of likely N-dealkylation sites (tertiary alicyclic amines) is 1. The Balaban J connectivity index is 1.68. The van der Waals surface area contributed by atoms with E-state index in [9.17, 15) is 4.79 Å². The molecule has 3 aliphatic rings. The summed E-state index contributed by atoms with van der Waals surface area (Å²) in [5.74, 6) is 2.94. The van der Waals surface area contributed by atoms with E-state index < -0.39 is 0 Å². The maximum atomic E-state index is 13.2. The minimum atomic E-state index is -0.296. The van der Waals surface area contributed by atoms with E-state index in [2.05, 4.69) is 18.7 Å². The molecular formula is C17H29NO2S. The standard InChI is InChI=1S/C17H29NO2S/c1-16(2,18-8-4-3-5-9-18)15(19)14-6-10-20-17(12-14)7-11-21-13-17/h14H,3-13H2,1-2H3. The smallest absolute Gasteiger partial charge is 0.155 e. The molecule has 0 radical (unpaired) electrons. The Labute approximate surface area is 133 Å². The van der Waals surface area contributed by atoms with E-state index in [1.807, 2.05) is 11.8 Å². The van der Waals surface area contributed by atoms with Crippen molar-refractivity contribution in [2.75, 3.05) is 31.2 Å². The molecule has 3 nitrogen and oxygen atoms in total. The maximum absolute atomic E-state index is 13.2. The van der Waals surface area contributed by atoms with Gasteiger partial charge in [-0.25, -0.2) is 0 Å². The van der Waals surface area contributed by atoms with Crippen molar-refractivity contribution in [1.82, 2.24) is 4.90 Å². The second kappa shape index (κ2) is 6.21. The molecular weight excluding hydrogens is 282 g/mol. The summed E-state index contributed by atoms with van der Waals surface area (Å²) in [5.41, 5.74) is -0.281. The summed E-state index contributed by atoms with van der Waals surface area (Å²) in [6, 6.07) is 0. The third-order valence-electron chi connectivity index (χ3n) is 5.68. The number of hydrogen-bond donors (Lipinski definition) is 0. The molecule has 3 heterocycles. The fourth-order valence-corrected chi connectivity index (χ4v) is 5.60. The van der Waals surface area contributed by atoms with Gasteiger partial charge in [-0.3, -0.25) is 9.69 Å². The number of Topliss-reactive ketones (excluding diaryl/α,β-unsaturated/α-hetero) is 1. The Hall–Kier alpha value is -0.0600. The number of carbonyl (C=O) groups excluding carboxylic acids is 1. The van der Waals surface area contributed by atoms with Gasteiger partial charge in [0, 0.05) is 18.3 Å². The SMILES string of the molecule is CC(C)(C(=O)C1CCOC2(CCSC2)C1)N1CCCCC1. The summed E-state index contributed by atoms with van der Waals surface area (Å²) >= 11 is 1.98. The van der Waals surface area contributed by atoms with Crippen LogP contribution < -0.4 is 0 Å². The summed E-state index contributed by atoms with van der Waals surface area (Å²) in [7, 11) is 0. The highest BCUT2D eigenvalue weighted by Gasteiger charge is 2.46. The third kappa shape index (κ3) is 3.18. The van der Waals surface area contributed by atoms with Crippen LogP contribution in [-0.2, 0) is 9.53 Å². The van der Waals surface area contributed by atoms with Crippen LogP contribution >= 0.6 is 11.8 Å². The minimum Gasteiger partial charge on any atom is -0.374 e. The van der Waals surface area contributed by atoms with Crippen molar-refractivity contribution in [3.63, 3.8) is 0 Å². The van der Waals surface area contributed by atoms with Crippen molar-refractivity contribution >= 4 is 17.5 Å². The Morgan fingerprint density at radius 3 is 2.71 bits per heavy atom. The van der Waals surface area contributed by atoms with E-state index in [-0.39, 0.29) is 17.1 Å². The van der Waals surface area contributed by atoms with Gasteiger partial charge in [0.1, 0.15) is 0 Å². The molecule has 0 aliphatic carbocycles. The van der Waals surface area contributed by atoms with Crippen LogP contribution in [0.1, 0.15) is 52.4 Å². The molecule has 1 spiro atoms. The highest BCUT2D eigenvalue weighted by atomic mass is 32.2. The minimum absolute atomic E-state index is 0.0151. The molecule has 0 aromatic heterocycles. The normalized spacial score (nSPS) is 35.2. The largest absolute Gasteiger partial charge is 0.374 e. The zero-order valence-electron chi connectivity index (χ0n) is 13.5. The van der Waals surface area contributed by atoms with Crippen molar-refractivity contribution in [3.05, 3.63) is 0 Å². The van der Waals surface area contributed by atoms with Crippen LogP contribution in [0, 0.1) is 5.92 Å². The second-order valence-corrected chi connectivity index (χ2v) is 8.60. The van der Waals surface area contributed by atoms with Crippen LogP contribution in [0.25, 0.3) is 0 Å². The van der Waals surface area contributed by atoms with E-state index in [1.165, 1.54) is 25.0 Å². The predicted molar refractivity (Wildman–Crippen MR) is 87.9 cm³/mol. The summed E-state index contributed by atoms with van der Waals surface area (Å²) in [6.45, 7) is 7.23. The monoisotopic (exact) mass is 311 g/mol. The van der Waals surface area contributed by atoms with E-state index in [1.54, 1.807) is 0 Å². The van der Waals surface area contributed by atoms with Gasteiger partial charge >= 0.3 is 0 Å². The molecule has 0 amide bonds. The first kappa shape index (κ1) is 15.8. The molecule has 0 bridgehead atoms. The molecule has 0 N–H and O–H groups in total. The fraction of sp³-hybridized carbons (Fsp3) is 0.941. The third-order valence-corrected chi connectivity index (χ3v) is 6.90. The van der Waals surface area contributed by atoms with E-state index in [0.29, 0.717) is 5.78 Å². The molecule has 2 unspecified atom stereocenters. The fourth-order valence-electron chi connectivity index (χ4n) is 4.22. The molecule has 0 saturated carbocycles. The lowest BCUT2D eigenvalue weighted by molar-refractivity contribution is -0.144. The maximum Gasteiger partial charge on any atom is 0.155 e. The summed E-state index contributed by atoms with van der Waals surface area (Å²) in [5, 5.41) is 0. The number of rotatable bonds is 3. The number of hydrogen-bond acceptors (Lipinski definition) is 4. The van der Waals surface area contributed by atoms with E-state index >= 15 is 0 Å². The average Bonchev–Trinajstić information content (AvgIpc) is 2.95. The van der Waals surface area contributed by atoms with Crippen LogP contribution in [0.4, 0.5) is 0 Å². The highest BCUT2D eigenvalue weighted by Crippen LogP contribution is 2.42. The molecule has 3 rings (SSSR count). The van der Waals surface area contributed by atoms with Gasteiger partial charge in [0.2, 0.25) is 0 Å². The first-order valence-electron chi connectivity index (χ1n) is 8.55. The Morgan fingerprint density at radius 2 is 2.05 bits per heavy atom. The lowest BCUT2D eigenvalue weighted by Gasteiger charge is -2.44. The highest BCUT2D eigenvalue weighted by molar-refractivity contribution is 7.99. The van der Waals surface area contributed by atoms with Crippen LogP contribution in [0.15, 0.2) is 0 Å². The summed E-state index contributed by atoms with van der Waals surface area (Å²) in [6.07, 6.45) is 6.80. The van der Waals surface area contributed by atoms with Crippen molar-refractivity contribution in [2.45, 2.75) is 63.5 Å². The van der Waals surface area contributed by atoms with Gasteiger partial charge in [-0.2, -0.15) is 11.8 Å². The Morgan fingerprint density at radius 1 is 1.29 bits per heavy atom. The van der Waals surface area contributed by atoms with Crippen LogP contribution in [0.3, 0.4) is 0 Å². The van der Waals surface area contributed by atoms with Gasteiger partial charge in [-0.1, -0.05) is 6.42 Å². The van der Waals surface area contributed by atoms with Crippen molar-refractivity contribution < 1.29 is 9.53 Å². The van der Waals surface area contributed by atoms with Gasteiger partial charge in [0.05, 0.1) is 11.1 Å². The number of nitrogens with zero attached hydrogens (tertiary/aromatic N) is 1. The average molecular weight is 311 g/mol. The molecule has 0 aromatic rings. The number of ether oxygens (including phenoxy) is 1. The van der Waals surface area contributed by atoms with Crippen molar-refractivity contribution in [3.8, 4) is 0 Å². The zero-order chi connectivity index (χ0) is 14.9. The molecule has 3 fully saturated rings. The van der Waals surface area contributed by atoms with Crippen LogP contribution in [0.5, 0.6) is 0 Å². The molecule has 3 aliphatic heterocycles. The van der Waals surface area contributed by atoms with Gasteiger partial charge < -0.3 is 4.74 Å². The predicted octanol–water partition coefficient (Wildman–Crippen LogP) is 3.12. The lowest BCUT2D eigenvalue weighted by Crippen LogP contribution is -2.56. The Kier molecular flexibility index (Phi) is 4.68. The first-order chi connectivity index (χ1) is 10.0. The first-order valence-corrected chi connectivity index (χ1v) is 9.70.